The predicted octanol–water partition coefficient (Wildman–Crippen LogP) is 0.772. The normalized spacial score (nSPS) is 10.2. The number of aromatic amines is 1. The average molecular weight is 249 g/mol. The van der Waals surface area contributed by atoms with Gasteiger partial charge in [0.15, 0.2) is 0 Å². The minimum Gasteiger partial charge on any atom is -0.477 e. The molecule has 0 bridgehead atoms. The Hall–Kier alpha value is -2.90. The largest absolute Gasteiger partial charge is 0.477 e. The molecule has 1 heterocycles. The van der Waals surface area contributed by atoms with Crippen molar-refractivity contribution < 1.29 is 14.8 Å². The van der Waals surface area contributed by atoms with Gasteiger partial charge in [0.05, 0.1) is 4.92 Å². The van der Waals surface area contributed by atoms with Crippen LogP contribution in [-0.4, -0.2) is 25.8 Å². The van der Waals surface area contributed by atoms with Crippen molar-refractivity contribution in [2.45, 2.75) is 0 Å². The van der Waals surface area contributed by atoms with Gasteiger partial charge in [0.2, 0.25) is 0 Å². The van der Waals surface area contributed by atoms with Gasteiger partial charge in [0.25, 0.3) is 11.2 Å². The molecule has 0 aliphatic rings. The van der Waals surface area contributed by atoms with Crippen molar-refractivity contribution >= 4 is 11.7 Å². The first-order valence-electron chi connectivity index (χ1n) is 4.80. The second-order valence-electron chi connectivity index (χ2n) is 3.38. The van der Waals surface area contributed by atoms with E-state index in [9.17, 15) is 19.7 Å². The van der Waals surface area contributed by atoms with E-state index >= 15 is 0 Å². The van der Waals surface area contributed by atoms with Crippen LogP contribution in [0.5, 0.6) is 0 Å². The molecule has 0 fully saturated rings. The van der Waals surface area contributed by atoms with Crippen LogP contribution < -0.4 is 5.56 Å². The topological polar surface area (TPSA) is 118 Å². The first-order valence-corrected chi connectivity index (χ1v) is 4.80. The summed E-state index contributed by atoms with van der Waals surface area (Å²) in [7, 11) is 0. The number of nitro groups is 1. The predicted molar refractivity (Wildman–Crippen MR) is 60.0 cm³/mol. The number of aromatic nitrogens is 2. The van der Waals surface area contributed by atoms with Gasteiger partial charge in [0, 0.05) is 12.3 Å². The highest BCUT2D eigenvalue weighted by atomic mass is 16.6. The van der Waals surface area contributed by atoms with Crippen LogP contribution in [0.1, 0.15) is 10.4 Å². The first-order chi connectivity index (χ1) is 8.52. The van der Waals surface area contributed by atoms with E-state index in [4.69, 9.17) is 5.11 Å². The summed E-state index contributed by atoms with van der Waals surface area (Å²) in [5.74, 6) is -1.39. The number of nitro benzene ring substituents is 1. The lowest BCUT2D eigenvalue weighted by Gasteiger charge is -2.01. The molecule has 8 nitrogen and oxygen atoms in total. The third-order valence-corrected chi connectivity index (χ3v) is 2.32. The lowest BCUT2D eigenvalue weighted by Crippen LogP contribution is -2.20. The summed E-state index contributed by atoms with van der Waals surface area (Å²) >= 11 is 0. The van der Waals surface area contributed by atoms with Crippen molar-refractivity contribution in [2.75, 3.05) is 0 Å². The van der Waals surface area contributed by atoms with Crippen LogP contribution in [0.25, 0.3) is 5.69 Å². The average Bonchev–Trinajstić information content (AvgIpc) is 2.71. The van der Waals surface area contributed by atoms with Crippen molar-refractivity contribution in [3.05, 3.63) is 56.5 Å². The van der Waals surface area contributed by atoms with Crippen LogP contribution in [0.2, 0.25) is 0 Å². The van der Waals surface area contributed by atoms with E-state index in [2.05, 4.69) is 5.10 Å². The molecule has 0 aliphatic carbocycles. The van der Waals surface area contributed by atoms with Gasteiger partial charge in [-0.3, -0.25) is 20.0 Å². The monoisotopic (exact) mass is 249 g/mol. The van der Waals surface area contributed by atoms with Gasteiger partial charge in [-0.25, -0.2) is 9.48 Å². The summed E-state index contributed by atoms with van der Waals surface area (Å²) in [6.45, 7) is 0. The van der Waals surface area contributed by atoms with Crippen LogP contribution >= 0.6 is 0 Å². The van der Waals surface area contributed by atoms with Crippen LogP contribution in [0.3, 0.4) is 0 Å². The van der Waals surface area contributed by atoms with Crippen LogP contribution in [-0.2, 0) is 0 Å². The molecule has 1 aromatic carbocycles. The van der Waals surface area contributed by atoms with E-state index < -0.39 is 22.0 Å². The number of para-hydroxylation sites is 2. The lowest BCUT2D eigenvalue weighted by molar-refractivity contribution is -0.384. The Kier molecular flexibility index (Phi) is 2.68. The molecular weight excluding hydrogens is 242 g/mol. The maximum absolute atomic E-state index is 11.7. The van der Waals surface area contributed by atoms with Crippen LogP contribution in [0, 0.1) is 10.1 Å². The third kappa shape index (κ3) is 1.75. The number of nitrogens with one attached hydrogen (secondary N) is 1. The van der Waals surface area contributed by atoms with Gasteiger partial charge in [-0.05, 0) is 6.07 Å². The first kappa shape index (κ1) is 11.6. The molecule has 0 unspecified atom stereocenters. The number of hydrogen-bond donors (Lipinski definition) is 2. The number of carboxylic acids is 1. The van der Waals surface area contributed by atoms with Crippen molar-refractivity contribution in [2.24, 2.45) is 0 Å². The zero-order valence-corrected chi connectivity index (χ0v) is 8.86. The Balaban J connectivity index is 2.67. The van der Waals surface area contributed by atoms with Gasteiger partial charge in [-0.1, -0.05) is 12.1 Å². The van der Waals surface area contributed by atoms with Crippen molar-refractivity contribution in [3.8, 4) is 5.69 Å². The fraction of sp³-hybridized carbons (Fsp3) is 0. The number of hydrogen-bond acceptors (Lipinski definition) is 4. The molecule has 18 heavy (non-hydrogen) atoms. The molecule has 2 rings (SSSR count). The second-order valence-corrected chi connectivity index (χ2v) is 3.38. The maximum Gasteiger partial charge on any atom is 0.342 e. The smallest absolute Gasteiger partial charge is 0.342 e. The second kappa shape index (κ2) is 4.17. The zero-order chi connectivity index (χ0) is 13.3. The van der Waals surface area contributed by atoms with Gasteiger partial charge in [-0.15, -0.1) is 0 Å². The van der Waals surface area contributed by atoms with Gasteiger partial charge in [0.1, 0.15) is 11.3 Å². The van der Waals surface area contributed by atoms with Crippen molar-refractivity contribution in [1.82, 2.24) is 9.78 Å². The van der Waals surface area contributed by atoms with Crippen molar-refractivity contribution in [1.29, 1.82) is 0 Å². The molecule has 0 saturated carbocycles. The fourth-order valence-corrected chi connectivity index (χ4v) is 1.51. The number of nitrogens with zero attached hydrogens (tertiary/aromatic N) is 2. The van der Waals surface area contributed by atoms with Gasteiger partial charge >= 0.3 is 5.97 Å². The third-order valence-electron chi connectivity index (χ3n) is 2.32. The molecule has 92 valence electrons. The number of benzene rings is 1. The van der Waals surface area contributed by atoms with E-state index in [-0.39, 0.29) is 11.4 Å². The Labute approximate surface area is 99.2 Å². The number of carboxylic acid groups (broad SMARTS) is 1. The summed E-state index contributed by atoms with van der Waals surface area (Å²) < 4.78 is 0.821. The van der Waals surface area contributed by atoms with E-state index in [1.807, 2.05) is 0 Å². The van der Waals surface area contributed by atoms with Gasteiger partial charge < -0.3 is 5.11 Å². The van der Waals surface area contributed by atoms with E-state index in [0.29, 0.717) is 0 Å². The fourth-order valence-electron chi connectivity index (χ4n) is 1.51. The molecule has 2 N–H and O–H groups in total. The lowest BCUT2D eigenvalue weighted by atomic mass is 10.2. The van der Waals surface area contributed by atoms with E-state index in [1.54, 1.807) is 0 Å². The molecule has 0 spiro atoms. The quantitative estimate of drug-likeness (QED) is 0.615. The van der Waals surface area contributed by atoms with Crippen molar-refractivity contribution in [3.63, 3.8) is 0 Å². The molecule has 8 heteroatoms. The Bertz CT molecular complexity index is 685. The Morgan fingerprint density at radius 1 is 1.39 bits per heavy atom. The molecule has 2 aromatic rings. The summed E-state index contributed by atoms with van der Waals surface area (Å²) in [5.41, 5.74) is -1.64. The number of H-pyrrole nitrogens is 1. The number of aromatic carboxylic acids is 1. The molecule has 0 atom stereocenters. The molecule has 0 saturated heterocycles. The number of rotatable bonds is 3. The summed E-state index contributed by atoms with van der Waals surface area (Å²) in [6.07, 6.45) is 0.987. The van der Waals surface area contributed by atoms with Crippen LogP contribution in [0.15, 0.2) is 35.3 Å². The summed E-state index contributed by atoms with van der Waals surface area (Å²) in [6, 6.07) is 5.54. The standard InChI is InChI=1S/C10H7N3O5/c14-9-6(10(15)16)5-11-12(9)7-3-1-2-4-8(7)13(17)18/h1-5,11H,(H,15,16). The zero-order valence-electron chi connectivity index (χ0n) is 8.86. The minimum absolute atomic E-state index is 0.0139. The Morgan fingerprint density at radius 3 is 2.61 bits per heavy atom. The highest BCUT2D eigenvalue weighted by Gasteiger charge is 2.19. The van der Waals surface area contributed by atoms with E-state index in [0.717, 1.165) is 10.9 Å². The summed E-state index contributed by atoms with van der Waals surface area (Å²) in [5, 5.41) is 21.9. The molecular formula is C10H7N3O5. The Morgan fingerprint density at radius 2 is 2.06 bits per heavy atom. The van der Waals surface area contributed by atoms with Gasteiger partial charge in [-0.2, -0.15) is 0 Å². The summed E-state index contributed by atoms with van der Waals surface area (Å²) in [4.78, 5) is 32.6. The number of carbonyl (C=O) groups is 1. The van der Waals surface area contributed by atoms with E-state index in [1.165, 1.54) is 24.3 Å². The highest BCUT2D eigenvalue weighted by molar-refractivity contribution is 5.86. The minimum atomic E-state index is -1.39. The molecule has 0 aliphatic heterocycles. The van der Waals surface area contributed by atoms with Crippen LogP contribution in [0.4, 0.5) is 5.69 Å². The molecule has 0 amide bonds. The highest BCUT2D eigenvalue weighted by Crippen LogP contribution is 2.20. The molecule has 0 radical (unpaired) electrons. The SMILES string of the molecule is O=C(O)c1c[nH]n(-c2ccccc2[N+](=O)[O-])c1=O. The maximum atomic E-state index is 11.7. The molecule has 1 aromatic heterocycles.